The van der Waals surface area contributed by atoms with Gasteiger partial charge in [-0.2, -0.15) is 18.2 Å². The Morgan fingerprint density at radius 1 is 1.39 bits per heavy atom. The lowest BCUT2D eigenvalue weighted by Crippen LogP contribution is -2.43. The van der Waals surface area contributed by atoms with Gasteiger partial charge >= 0.3 is 12.3 Å². The molecule has 0 unspecified atom stereocenters. The summed E-state index contributed by atoms with van der Waals surface area (Å²) in [6, 6.07) is 2.45. The summed E-state index contributed by atoms with van der Waals surface area (Å²) in [4.78, 5) is 16.8. The number of hydroxylamine groups is 1. The molecule has 1 aliphatic heterocycles. The van der Waals surface area contributed by atoms with Gasteiger partial charge in [0, 0.05) is 6.04 Å². The van der Waals surface area contributed by atoms with Crippen molar-refractivity contribution in [1.82, 2.24) is 0 Å². The molecule has 1 aromatic carbocycles. The maximum Gasteiger partial charge on any atom is 0.533 e. The number of nitrogens with two attached hydrogens (primary N) is 1. The molecule has 5 nitrogen and oxygen atoms in total. The number of anilines is 1. The number of rotatable bonds is 3. The van der Waals surface area contributed by atoms with Crippen molar-refractivity contribution >= 4 is 11.8 Å². The molecule has 8 heteroatoms. The number of carbonyl (C=O) groups excluding carboxylic acids is 1. The molecule has 0 saturated heterocycles. The molecule has 0 aliphatic carbocycles. The molecule has 0 saturated carbocycles. The monoisotopic (exact) mass is 332 g/mol. The second-order valence-corrected chi connectivity index (χ2v) is 5.28. The van der Waals surface area contributed by atoms with Crippen molar-refractivity contribution in [2.75, 3.05) is 11.7 Å². The first kappa shape index (κ1) is 17.4. The third-order valence-electron chi connectivity index (χ3n) is 3.76. The zero-order valence-corrected chi connectivity index (χ0v) is 12.9. The Balaban J connectivity index is 2.40. The second kappa shape index (κ2) is 6.66. The van der Waals surface area contributed by atoms with Gasteiger partial charge in [-0.15, -0.1) is 0 Å². The summed E-state index contributed by atoms with van der Waals surface area (Å²) in [5.41, 5.74) is 5.89. The lowest BCUT2D eigenvalue weighted by molar-refractivity contribution is -0.137. The molecule has 1 heterocycles. The first-order chi connectivity index (χ1) is 10.8. The summed E-state index contributed by atoms with van der Waals surface area (Å²) in [7, 11) is 0. The van der Waals surface area contributed by atoms with Gasteiger partial charge < -0.3 is 15.3 Å². The van der Waals surface area contributed by atoms with Crippen LogP contribution in [-0.4, -0.2) is 18.8 Å². The molecular formula is C15H19F3N2O3. The van der Waals surface area contributed by atoms with Gasteiger partial charge in [-0.1, -0.05) is 6.92 Å². The summed E-state index contributed by atoms with van der Waals surface area (Å²) in [6.07, 6.45) is -4.35. The summed E-state index contributed by atoms with van der Waals surface area (Å²) in [6.45, 7) is 3.66. The van der Waals surface area contributed by atoms with E-state index in [1.165, 1.54) is 11.1 Å². The van der Waals surface area contributed by atoms with Crippen LogP contribution in [0.5, 0.6) is 0 Å². The molecule has 23 heavy (non-hydrogen) atoms. The van der Waals surface area contributed by atoms with E-state index < -0.39 is 23.9 Å². The highest BCUT2D eigenvalue weighted by Crippen LogP contribution is 2.40. The van der Waals surface area contributed by atoms with Gasteiger partial charge in [0.25, 0.3) is 0 Å². The van der Waals surface area contributed by atoms with Gasteiger partial charge in [-0.25, -0.2) is 4.79 Å². The zero-order chi connectivity index (χ0) is 17.2. The summed E-state index contributed by atoms with van der Waals surface area (Å²) >= 11 is 0. The van der Waals surface area contributed by atoms with Crippen LogP contribution >= 0.6 is 0 Å². The molecule has 2 atom stereocenters. The van der Waals surface area contributed by atoms with Crippen molar-refractivity contribution in [3.05, 3.63) is 29.3 Å². The minimum atomic E-state index is -4.46. The molecule has 128 valence electrons. The first-order valence-corrected chi connectivity index (χ1v) is 7.38. The van der Waals surface area contributed by atoms with Gasteiger partial charge in [0.05, 0.1) is 23.9 Å². The molecule has 0 bridgehead atoms. The number of halogens is 3. The Hall–Kier alpha value is -1.96. The molecule has 0 aromatic heterocycles. The standard InChI is InChI=1S/C15H19F3N2O3/c1-3-10-8-12(19)11-7-9(15(16,17)18)5-6-13(11)20(10)23-14(21)22-4-2/h5-7,10,12H,3-4,8,19H2,1-2H3/t10-,12+/m1/s1. The summed E-state index contributed by atoms with van der Waals surface area (Å²) < 4.78 is 43.4. The molecular weight excluding hydrogens is 313 g/mol. The van der Waals surface area contributed by atoms with E-state index in [0.717, 1.165) is 12.1 Å². The maximum atomic E-state index is 12.9. The average molecular weight is 332 g/mol. The van der Waals surface area contributed by atoms with Crippen LogP contribution in [-0.2, 0) is 15.8 Å². The Bertz CT molecular complexity index is 578. The highest BCUT2D eigenvalue weighted by molar-refractivity contribution is 5.65. The Kier molecular flexibility index (Phi) is 5.03. The van der Waals surface area contributed by atoms with Crippen LogP contribution in [0.3, 0.4) is 0 Å². The number of nitrogens with zero attached hydrogens (tertiary/aromatic N) is 1. The molecule has 2 rings (SSSR count). The number of hydrogen-bond donors (Lipinski definition) is 1. The highest BCUT2D eigenvalue weighted by Gasteiger charge is 2.37. The summed E-state index contributed by atoms with van der Waals surface area (Å²) in [5.74, 6) is 0. The van der Waals surface area contributed by atoms with Crippen LogP contribution in [0.1, 0.15) is 43.9 Å². The van der Waals surface area contributed by atoms with Crippen LogP contribution in [0.25, 0.3) is 0 Å². The zero-order valence-electron chi connectivity index (χ0n) is 12.9. The Morgan fingerprint density at radius 3 is 2.65 bits per heavy atom. The van der Waals surface area contributed by atoms with Crippen LogP contribution in [0.2, 0.25) is 0 Å². The summed E-state index contributed by atoms with van der Waals surface area (Å²) in [5, 5.41) is 1.30. The predicted molar refractivity (Wildman–Crippen MR) is 77.7 cm³/mol. The van der Waals surface area contributed by atoms with E-state index in [1.54, 1.807) is 6.92 Å². The van der Waals surface area contributed by atoms with E-state index in [2.05, 4.69) is 0 Å². The molecule has 0 fully saturated rings. The first-order valence-electron chi connectivity index (χ1n) is 7.38. The van der Waals surface area contributed by atoms with E-state index in [-0.39, 0.29) is 12.6 Å². The van der Waals surface area contributed by atoms with Crippen molar-refractivity contribution in [1.29, 1.82) is 0 Å². The SMILES string of the molecule is CCOC(=O)ON1c2ccc(C(F)(F)F)cc2[C@@H](N)C[C@H]1CC. The molecule has 0 spiro atoms. The maximum absolute atomic E-state index is 12.9. The molecule has 1 aromatic rings. The van der Waals surface area contributed by atoms with Gasteiger partial charge in [0.15, 0.2) is 0 Å². The number of alkyl halides is 3. The molecule has 2 N–H and O–H groups in total. The molecule has 0 amide bonds. The normalized spacial score (nSPS) is 20.9. The minimum absolute atomic E-state index is 0.142. The van der Waals surface area contributed by atoms with E-state index in [9.17, 15) is 18.0 Å². The van der Waals surface area contributed by atoms with Crippen LogP contribution in [0.15, 0.2) is 18.2 Å². The predicted octanol–water partition coefficient (Wildman–Crippen LogP) is 3.78. The van der Waals surface area contributed by atoms with Gasteiger partial charge in [0.2, 0.25) is 0 Å². The third kappa shape index (κ3) is 3.69. The van der Waals surface area contributed by atoms with Crippen molar-refractivity contribution in [2.24, 2.45) is 5.73 Å². The lowest BCUT2D eigenvalue weighted by Gasteiger charge is -2.38. The van der Waals surface area contributed by atoms with E-state index >= 15 is 0 Å². The van der Waals surface area contributed by atoms with Crippen LogP contribution < -0.4 is 10.8 Å². The molecule has 1 aliphatic rings. The fourth-order valence-corrected chi connectivity index (χ4v) is 2.62. The van der Waals surface area contributed by atoms with Crippen molar-refractivity contribution in [3.8, 4) is 0 Å². The van der Waals surface area contributed by atoms with E-state index in [1.807, 2.05) is 6.92 Å². The fourth-order valence-electron chi connectivity index (χ4n) is 2.62. The van der Waals surface area contributed by atoms with E-state index in [4.69, 9.17) is 15.3 Å². The van der Waals surface area contributed by atoms with Gasteiger partial charge in [-0.3, -0.25) is 0 Å². The minimum Gasteiger partial charge on any atom is -0.433 e. The number of benzene rings is 1. The number of ether oxygens (including phenoxy) is 1. The number of carbonyl (C=O) groups is 1. The smallest absolute Gasteiger partial charge is 0.433 e. The van der Waals surface area contributed by atoms with E-state index in [0.29, 0.717) is 24.1 Å². The Morgan fingerprint density at radius 2 is 2.09 bits per heavy atom. The van der Waals surface area contributed by atoms with Crippen LogP contribution in [0.4, 0.5) is 23.7 Å². The van der Waals surface area contributed by atoms with Crippen molar-refractivity contribution < 1.29 is 27.5 Å². The lowest BCUT2D eigenvalue weighted by atomic mass is 9.90. The van der Waals surface area contributed by atoms with Gasteiger partial charge in [-0.05, 0) is 43.5 Å². The largest absolute Gasteiger partial charge is 0.533 e. The van der Waals surface area contributed by atoms with Crippen molar-refractivity contribution in [2.45, 2.75) is 44.9 Å². The average Bonchev–Trinajstić information content (AvgIpc) is 2.48. The van der Waals surface area contributed by atoms with Crippen LogP contribution in [0, 0.1) is 0 Å². The number of hydrogen-bond acceptors (Lipinski definition) is 5. The topological polar surface area (TPSA) is 64.8 Å². The quantitative estimate of drug-likeness (QED) is 0.853. The highest BCUT2D eigenvalue weighted by atomic mass is 19.4. The number of fused-ring (bicyclic) bond motifs is 1. The second-order valence-electron chi connectivity index (χ2n) is 5.28. The molecule has 0 radical (unpaired) electrons. The third-order valence-corrected chi connectivity index (χ3v) is 3.76. The Labute approximate surface area is 132 Å². The van der Waals surface area contributed by atoms with Gasteiger partial charge in [0.1, 0.15) is 0 Å². The van der Waals surface area contributed by atoms with Crippen molar-refractivity contribution in [3.63, 3.8) is 0 Å². The fraction of sp³-hybridized carbons (Fsp3) is 0.533.